The van der Waals surface area contributed by atoms with Gasteiger partial charge in [0.1, 0.15) is 11.8 Å². The standard InChI is InChI=1S/C14H17Cl2NO4/c1-8(2)13(14(19)20-3)17-12(18)7-21-11-6-9(15)4-5-10(11)16/h4-6,8,13H,7H2,1-3H3,(H,17,18)/t13-/m1/s1. The van der Waals surface area contributed by atoms with Gasteiger partial charge in [0.15, 0.2) is 6.61 Å². The predicted octanol–water partition coefficient (Wildman–Crippen LogP) is 2.69. The first-order chi connectivity index (χ1) is 9.85. The fourth-order valence-corrected chi connectivity index (χ4v) is 1.91. The van der Waals surface area contributed by atoms with E-state index in [1.54, 1.807) is 26.0 Å². The summed E-state index contributed by atoms with van der Waals surface area (Å²) in [5, 5.41) is 3.35. The van der Waals surface area contributed by atoms with Gasteiger partial charge in [-0.15, -0.1) is 0 Å². The van der Waals surface area contributed by atoms with Crippen LogP contribution in [0.15, 0.2) is 18.2 Å². The molecule has 21 heavy (non-hydrogen) atoms. The number of halogens is 2. The molecule has 0 saturated heterocycles. The molecule has 116 valence electrons. The van der Waals surface area contributed by atoms with Gasteiger partial charge in [-0.05, 0) is 18.1 Å². The summed E-state index contributed by atoms with van der Waals surface area (Å²) >= 11 is 11.7. The Bertz CT molecular complexity index is 520. The molecule has 0 aromatic heterocycles. The van der Waals surface area contributed by atoms with Gasteiger partial charge in [0.2, 0.25) is 0 Å². The van der Waals surface area contributed by atoms with E-state index in [0.29, 0.717) is 15.8 Å². The molecule has 1 aromatic carbocycles. The van der Waals surface area contributed by atoms with Gasteiger partial charge in [-0.1, -0.05) is 37.0 Å². The second-order valence-electron chi connectivity index (χ2n) is 4.68. The summed E-state index contributed by atoms with van der Waals surface area (Å²) in [6.45, 7) is 3.33. The van der Waals surface area contributed by atoms with Crippen LogP contribution in [0.4, 0.5) is 0 Å². The van der Waals surface area contributed by atoms with Crippen molar-refractivity contribution in [3.05, 3.63) is 28.2 Å². The molecule has 1 aromatic rings. The number of carbonyl (C=O) groups excluding carboxylic acids is 2. The lowest BCUT2D eigenvalue weighted by molar-refractivity contribution is -0.146. The Morgan fingerprint density at radius 3 is 2.52 bits per heavy atom. The molecule has 5 nitrogen and oxygen atoms in total. The summed E-state index contributed by atoms with van der Waals surface area (Å²) in [6.07, 6.45) is 0. The van der Waals surface area contributed by atoms with Crippen LogP contribution in [-0.2, 0) is 14.3 Å². The topological polar surface area (TPSA) is 64.6 Å². The van der Waals surface area contributed by atoms with E-state index in [0.717, 1.165) is 0 Å². The minimum atomic E-state index is -0.721. The number of hydrogen-bond donors (Lipinski definition) is 1. The van der Waals surface area contributed by atoms with E-state index >= 15 is 0 Å². The highest BCUT2D eigenvalue weighted by Gasteiger charge is 2.25. The molecule has 1 rings (SSSR count). The van der Waals surface area contributed by atoms with Crippen LogP contribution >= 0.6 is 23.2 Å². The zero-order valence-electron chi connectivity index (χ0n) is 12.0. The van der Waals surface area contributed by atoms with E-state index in [9.17, 15) is 9.59 Å². The van der Waals surface area contributed by atoms with Gasteiger partial charge in [-0.2, -0.15) is 0 Å². The molecule has 0 heterocycles. The van der Waals surface area contributed by atoms with E-state index in [1.165, 1.54) is 13.2 Å². The monoisotopic (exact) mass is 333 g/mol. The maximum absolute atomic E-state index is 11.8. The molecule has 0 saturated carbocycles. The van der Waals surface area contributed by atoms with Crippen LogP contribution in [0.2, 0.25) is 10.0 Å². The minimum Gasteiger partial charge on any atom is -0.482 e. The molecule has 0 aliphatic rings. The average Bonchev–Trinajstić information content (AvgIpc) is 2.44. The van der Waals surface area contributed by atoms with Crippen LogP contribution in [0.3, 0.4) is 0 Å². The summed E-state index contributed by atoms with van der Waals surface area (Å²) in [6, 6.07) is 3.98. The summed E-state index contributed by atoms with van der Waals surface area (Å²) in [4.78, 5) is 23.4. The largest absolute Gasteiger partial charge is 0.482 e. The molecule has 7 heteroatoms. The number of carbonyl (C=O) groups is 2. The lowest BCUT2D eigenvalue weighted by Gasteiger charge is -2.19. The highest BCUT2D eigenvalue weighted by atomic mass is 35.5. The van der Waals surface area contributed by atoms with E-state index in [2.05, 4.69) is 10.1 Å². The first kappa shape index (κ1) is 17.6. The summed E-state index contributed by atoms with van der Waals surface area (Å²) < 4.78 is 9.93. The molecule has 0 fully saturated rings. The van der Waals surface area contributed by atoms with Crippen LogP contribution in [0.1, 0.15) is 13.8 Å². The van der Waals surface area contributed by atoms with Gasteiger partial charge < -0.3 is 14.8 Å². The van der Waals surface area contributed by atoms with Crippen LogP contribution < -0.4 is 10.1 Å². The van der Waals surface area contributed by atoms with Gasteiger partial charge in [0, 0.05) is 11.1 Å². The van der Waals surface area contributed by atoms with Crippen molar-refractivity contribution in [3.8, 4) is 5.75 Å². The van der Waals surface area contributed by atoms with E-state index in [-0.39, 0.29) is 12.5 Å². The van der Waals surface area contributed by atoms with Crippen molar-refractivity contribution >= 4 is 35.1 Å². The molecular weight excluding hydrogens is 317 g/mol. The van der Waals surface area contributed by atoms with Crippen molar-refractivity contribution in [2.45, 2.75) is 19.9 Å². The zero-order valence-corrected chi connectivity index (χ0v) is 13.5. The fourth-order valence-electron chi connectivity index (χ4n) is 1.57. The summed E-state index contributed by atoms with van der Waals surface area (Å²) in [5.74, 6) is -0.746. The molecule has 0 aliphatic heterocycles. The molecule has 0 unspecified atom stereocenters. The third-order valence-electron chi connectivity index (χ3n) is 2.69. The van der Waals surface area contributed by atoms with Crippen LogP contribution in [0.5, 0.6) is 5.75 Å². The number of rotatable bonds is 6. The summed E-state index contributed by atoms with van der Waals surface area (Å²) in [7, 11) is 1.27. The number of amides is 1. The number of methoxy groups -OCH3 is 1. The number of nitrogens with one attached hydrogen (secondary N) is 1. The van der Waals surface area contributed by atoms with Crippen molar-refractivity contribution in [3.63, 3.8) is 0 Å². The maximum Gasteiger partial charge on any atom is 0.328 e. The summed E-state index contributed by atoms with van der Waals surface area (Å²) in [5.41, 5.74) is 0. The van der Waals surface area contributed by atoms with Crippen LogP contribution in [0, 0.1) is 5.92 Å². The molecular formula is C14H17Cl2NO4. The number of hydrogen-bond acceptors (Lipinski definition) is 4. The number of esters is 1. The fraction of sp³-hybridized carbons (Fsp3) is 0.429. The van der Waals surface area contributed by atoms with E-state index in [1.807, 2.05) is 0 Å². The van der Waals surface area contributed by atoms with Gasteiger partial charge in [0.25, 0.3) is 5.91 Å². The lowest BCUT2D eigenvalue weighted by Crippen LogP contribution is -2.46. The smallest absolute Gasteiger partial charge is 0.328 e. The highest BCUT2D eigenvalue weighted by Crippen LogP contribution is 2.27. The SMILES string of the molecule is COC(=O)[C@H](NC(=O)COc1cc(Cl)ccc1Cl)C(C)C. The molecule has 1 amide bonds. The van der Waals surface area contributed by atoms with Crippen molar-refractivity contribution in [1.29, 1.82) is 0 Å². The number of ether oxygens (including phenoxy) is 2. The predicted molar refractivity (Wildman–Crippen MR) is 80.7 cm³/mol. The Morgan fingerprint density at radius 1 is 1.29 bits per heavy atom. The first-order valence-corrected chi connectivity index (χ1v) is 7.05. The van der Waals surface area contributed by atoms with Gasteiger partial charge in [-0.3, -0.25) is 4.79 Å². The maximum atomic E-state index is 11.8. The van der Waals surface area contributed by atoms with Crippen molar-refractivity contribution in [1.82, 2.24) is 5.32 Å². The van der Waals surface area contributed by atoms with Crippen LogP contribution in [0.25, 0.3) is 0 Å². The highest BCUT2D eigenvalue weighted by molar-refractivity contribution is 6.34. The van der Waals surface area contributed by atoms with Crippen LogP contribution in [-0.4, -0.2) is 31.6 Å². The Morgan fingerprint density at radius 2 is 1.95 bits per heavy atom. The van der Waals surface area contributed by atoms with E-state index < -0.39 is 17.9 Å². The molecule has 0 bridgehead atoms. The Labute approximate surface area is 133 Å². The van der Waals surface area contributed by atoms with E-state index in [4.69, 9.17) is 27.9 Å². The molecule has 0 radical (unpaired) electrons. The Balaban J connectivity index is 2.61. The molecule has 0 spiro atoms. The molecule has 0 aliphatic carbocycles. The Kier molecular flexibility index (Phi) is 6.78. The van der Waals surface area contributed by atoms with Crippen molar-refractivity contribution in [2.75, 3.05) is 13.7 Å². The minimum absolute atomic E-state index is 0.101. The number of benzene rings is 1. The molecule has 1 N–H and O–H groups in total. The second-order valence-corrected chi connectivity index (χ2v) is 5.52. The quantitative estimate of drug-likeness (QED) is 0.813. The van der Waals surface area contributed by atoms with Gasteiger partial charge >= 0.3 is 5.97 Å². The zero-order chi connectivity index (χ0) is 16.0. The van der Waals surface area contributed by atoms with Gasteiger partial charge in [0.05, 0.1) is 12.1 Å². The van der Waals surface area contributed by atoms with Gasteiger partial charge in [-0.25, -0.2) is 4.79 Å². The first-order valence-electron chi connectivity index (χ1n) is 6.30. The Hall–Kier alpha value is -1.46. The van der Waals surface area contributed by atoms with Crippen molar-refractivity contribution < 1.29 is 19.1 Å². The second kappa shape index (κ2) is 8.10. The third-order valence-corrected chi connectivity index (χ3v) is 3.24. The third kappa shape index (κ3) is 5.44. The van der Waals surface area contributed by atoms with Crippen molar-refractivity contribution in [2.24, 2.45) is 5.92 Å². The lowest BCUT2D eigenvalue weighted by atomic mass is 10.0. The molecule has 1 atom stereocenters. The normalized spacial score (nSPS) is 11.9. The average molecular weight is 334 g/mol.